The Morgan fingerprint density at radius 2 is 1.70 bits per heavy atom. The van der Waals surface area contributed by atoms with Gasteiger partial charge in [-0.05, 0) is 74.1 Å². The lowest BCUT2D eigenvalue weighted by molar-refractivity contribution is 0.292. The second-order valence-corrected chi connectivity index (χ2v) is 7.68. The predicted octanol–water partition coefficient (Wildman–Crippen LogP) is 5.09. The highest BCUT2D eigenvalue weighted by Gasteiger charge is 2.36. The lowest BCUT2D eigenvalue weighted by Gasteiger charge is -2.32. The molecule has 0 spiro atoms. The van der Waals surface area contributed by atoms with Gasteiger partial charge in [-0.2, -0.15) is 5.26 Å². The van der Waals surface area contributed by atoms with Gasteiger partial charge in [-0.3, -0.25) is 0 Å². The summed E-state index contributed by atoms with van der Waals surface area (Å²) >= 11 is 0. The van der Waals surface area contributed by atoms with Crippen LogP contribution in [0.15, 0.2) is 36.3 Å². The van der Waals surface area contributed by atoms with E-state index >= 15 is 0 Å². The van der Waals surface area contributed by atoms with E-state index in [1.165, 1.54) is 14.2 Å². The van der Waals surface area contributed by atoms with E-state index in [1.807, 2.05) is 30.1 Å². The van der Waals surface area contributed by atoms with Gasteiger partial charge in [0.05, 0.1) is 44.0 Å². The molecule has 2 aromatic rings. The number of benzene rings is 2. The number of methoxy groups -OCH3 is 4. The fraction of sp³-hybridized carbons (Fsp3) is 0.519. The average molecular weight is 464 g/mol. The first kappa shape index (κ1) is 15.8. The number of nitriles is 1. The maximum absolute atomic E-state index is 10.6. The van der Waals surface area contributed by atoms with Gasteiger partial charge >= 0.3 is 0 Å². The molecule has 180 valence electrons. The van der Waals surface area contributed by atoms with Gasteiger partial charge in [0, 0.05) is 14.8 Å². The Morgan fingerprint density at radius 3 is 2.30 bits per heavy atom. The molecule has 0 radical (unpaired) electrons. The third-order valence-electron chi connectivity index (χ3n) is 5.63. The summed E-state index contributed by atoms with van der Waals surface area (Å²) in [4.78, 5) is 1.95. The van der Waals surface area contributed by atoms with Gasteiger partial charge in [0.2, 0.25) is 0 Å². The van der Waals surface area contributed by atoms with E-state index in [4.69, 9.17) is 31.3 Å². The number of ether oxygens (including phenoxy) is 4. The molecule has 0 aliphatic rings. The molecule has 0 heterocycles. The van der Waals surface area contributed by atoms with E-state index in [0.717, 1.165) is 5.56 Å². The van der Waals surface area contributed by atoms with Gasteiger partial charge in [0.15, 0.2) is 23.0 Å². The summed E-state index contributed by atoms with van der Waals surface area (Å²) in [5, 5.41) is 10.6. The molecule has 0 amide bonds. The van der Waals surface area contributed by atoms with E-state index < -0.39 is 48.7 Å². The van der Waals surface area contributed by atoms with Crippen LogP contribution in [0.25, 0.3) is 0 Å². The van der Waals surface area contributed by atoms with E-state index in [2.05, 4.69) is 0 Å². The molecule has 0 bridgehead atoms. The number of rotatable bonds is 13. The summed E-state index contributed by atoms with van der Waals surface area (Å²) in [5.74, 6) is -1.57. The lowest BCUT2D eigenvalue weighted by Crippen LogP contribution is -2.32. The molecule has 2 rings (SSSR count). The smallest absolute Gasteiger partial charge is 0.161 e. The summed E-state index contributed by atoms with van der Waals surface area (Å²) < 4.78 is 95.7. The molecular weight excluding hydrogens is 416 g/mol. The molecule has 33 heavy (non-hydrogen) atoms. The summed E-state index contributed by atoms with van der Waals surface area (Å²) in [7, 11) is 7.36. The van der Waals surface area contributed by atoms with Crippen LogP contribution >= 0.6 is 0 Å². The molecular formula is C27H38N2O4. The number of hydrogen-bond acceptors (Lipinski definition) is 6. The molecule has 1 unspecified atom stereocenters. The summed E-state index contributed by atoms with van der Waals surface area (Å²) in [5.41, 5.74) is -1.83. The molecule has 0 aliphatic heterocycles. The van der Waals surface area contributed by atoms with Crippen molar-refractivity contribution >= 4 is 0 Å². The van der Waals surface area contributed by atoms with E-state index in [1.54, 1.807) is 20.3 Å². The van der Waals surface area contributed by atoms with Crippen LogP contribution in [-0.4, -0.2) is 53.5 Å². The minimum Gasteiger partial charge on any atom is -0.493 e. The minimum atomic E-state index is -3.16. The highest BCUT2D eigenvalue weighted by molar-refractivity contribution is 5.47. The van der Waals surface area contributed by atoms with Crippen LogP contribution in [0, 0.1) is 17.2 Å². The Bertz CT molecular complexity index is 1260. The molecule has 0 N–H and O–H groups in total. The van der Waals surface area contributed by atoms with E-state index in [0.29, 0.717) is 31.0 Å². The van der Waals surface area contributed by atoms with Gasteiger partial charge in [0.1, 0.15) is 0 Å². The van der Waals surface area contributed by atoms with Gasteiger partial charge in [0.25, 0.3) is 0 Å². The highest BCUT2D eigenvalue weighted by Crippen LogP contribution is 2.40. The SMILES string of the molecule is [2H]c1c([2H])c(C(C#N)(CCCN(C)CCc2ccc(OC)c(OC)c2)C(C([2H])([2H])[2H])C([2H])([2H])[2H])c([2H])c(OC)c1OC. The summed E-state index contributed by atoms with van der Waals surface area (Å²) in [6, 6.07) is 5.75. The average Bonchev–Trinajstić information content (AvgIpc) is 2.91. The van der Waals surface area contributed by atoms with Crippen LogP contribution in [0.3, 0.4) is 0 Å². The minimum absolute atomic E-state index is 0.166. The van der Waals surface area contributed by atoms with E-state index in [9.17, 15) is 5.26 Å². The van der Waals surface area contributed by atoms with Crippen molar-refractivity contribution in [2.45, 2.75) is 38.4 Å². The molecule has 6 heteroatoms. The fourth-order valence-corrected chi connectivity index (χ4v) is 3.57. The van der Waals surface area contributed by atoms with Gasteiger partial charge < -0.3 is 23.8 Å². The van der Waals surface area contributed by atoms with Gasteiger partial charge in [-0.1, -0.05) is 25.8 Å². The van der Waals surface area contributed by atoms with Crippen LogP contribution < -0.4 is 18.9 Å². The number of hydrogen-bond donors (Lipinski definition) is 0. The second-order valence-electron chi connectivity index (χ2n) is 7.68. The Morgan fingerprint density at radius 1 is 1.00 bits per heavy atom. The zero-order valence-corrected chi connectivity index (χ0v) is 19.9. The maximum atomic E-state index is 10.6. The van der Waals surface area contributed by atoms with Crippen LogP contribution in [0.4, 0.5) is 0 Å². The third-order valence-corrected chi connectivity index (χ3v) is 5.63. The third kappa shape index (κ3) is 6.33. The monoisotopic (exact) mass is 463 g/mol. The van der Waals surface area contributed by atoms with Crippen LogP contribution in [0.1, 0.15) is 50.0 Å². The lowest BCUT2D eigenvalue weighted by atomic mass is 9.69. The summed E-state index contributed by atoms with van der Waals surface area (Å²) in [6.07, 6.45) is 0.510. The highest BCUT2D eigenvalue weighted by atomic mass is 16.5. The van der Waals surface area contributed by atoms with Crippen LogP contribution in [-0.2, 0) is 11.8 Å². The number of nitrogens with zero attached hydrogens (tertiary/aromatic N) is 2. The molecule has 0 saturated carbocycles. The summed E-state index contributed by atoms with van der Waals surface area (Å²) in [6.45, 7) is -5.38. The van der Waals surface area contributed by atoms with E-state index in [-0.39, 0.29) is 24.3 Å². The van der Waals surface area contributed by atoms with Gasteiger partial charge in [-0.25, -0.2) is 0 Å². The first-order valence-electron chi connectivity index (χ1n) is 15.1. The molecule has 0 saturated heterocycles. The maximum Gasteiger partial charge on any atom is 0.161 e. The Labute approximate surface area is 211 Å². The van der Waals surface area contributed by atoms with Crippen LogP contribution in [0.5, 0.6) is 23.0 Å². The molecule has 0 fully saturated rings. The topological polar surface area (TPSA) is 64.0 Å². The van der Waals surface area contributed by atoms with Gasteiger partial charge in [-0.15, -0.1) is 0 Å². The van der Waals surface area contributed by atoms with Crippen molar-refractivity contribution in [2.24, 2.45) is 5.92 Å². The van der Waals surface area contributed by atoms with Crippen LogP contribution in [0.2, 0.25) is 0 Å². The predicted molar refractivity (Wildman–Crippen MR) is 132 cm³/mol. The zero-order valence-electron chi connectivity index (χ0n) is 28.9. The largest absolute Gasteiger partial charge is 0.493 e. The Balaban J connectivity index is 2.50. The quantitative estimate of drug-likeness (QED) is 0.412. The molecule has 6 nitrogen and oxygen atoms in total. The molecule has 0 aromatic heterocycles. The zero-order chi connectivity index (χ0) is 32.0. The van der Waals surface area contributed by atoms with Crippen molar-refractivity contribution in [2.75, 3.05) is 48.6 Å². The van der Waals surface area contributed by atoms with Crippen molar-refractivity contribution in [3.8, 4) is 29.1 Å². The molecule has 1 atom stereocenters. The first-order valence-corrected chi connectivity index (χ1v) is 10.6. The fourth-order valence-electron chi connectivity index (χ4n) is 3.57. The van der Waals surface area contributed by atoms with Crippen molar-refractivity contribution in [1.82, 2.24) is 4.90 Å². The van der Waals surface area contributed by atoms with Crippen molar-refractivity contribution in [1.29, 1.82) is 5.26 Å². The Kier molecular flexibility index (Phi) is 5.93. The Hall–Kier alpha value is -2.91. The first-order chi connectivity index (χ1) is 19.5. The second kappa shape index (κ2) is 12.4. The van der Waals surface area contributed by atoms with Crippen molar-refractivity contribution < 1.29 is 31.3 Å². The molecule has 2 aromatic carbocycles. The number of likely N-dealkylation sites (N-methyl/N-ethyl adjacent to an activating group) is 1. The normalized spacial score (nSPS) is 17.6. The molecule has 0 aliphatic carbocycles. The van der Waals surface area contributed by atoms with Crippen molar-refractivity contribution in [3.63, 3.8) is 0 Å². The standard InChI is InChI=1S/C27H38N2O4/c1-20(2)27(19-28,22-10-12-24(31-5)26(18-22)33-7)14-8-15-29(3)16-13-21-9-11-23(30-4)25(17-21)32-6/h9-12,17-18,20H,8,13-16H2,1-7H3/i1D3,2D3,10D,12D,18D. The van der Waals surface area contributed by atoms with Crippen molar-refractivity contribution in [3.05, 3.63) is 47.5 Å².